The van der Waals surface area contributed by atoms with Crippen LogP contribution in [0.25, 0.3) is 0 Å². The highest BCUT2D eigenvalue weighted by Crippen LogP contribution is 2.32. The number of piperazine rings is 1. The number of pyridine rings is 1. The lowest BCUT2D eigenvalue weighted by molar-refractivity contribution is -0.0578. The van der Waals surface area contributed by atoms with E-state index >= 15 is 0 Å². The number of ether oxygens (including phenoxy) is 2. The van der Waals surface area contributed by atoms with Crippen molar-refractivity contribution < 1.29 is 9.47 Å². The summed E-state index contributed by atoms with van der Waals surface area (Å²) in [6.07, 6.45) is 1.61. The molecule has 0 spiro atoms. The van der Waals surface area contributed by atoms with Crippen molar-refractivity contribution in [1.82, 2.24) is 9.88 Å². The molecule has 0 aromatic carbocycles. The molecular formula is C15H23ClN4O2. The molecule has 0 amide bonds. The lowest BCUT2D eigenvalue weighted by Crippen LogP contribution is -2.48. The smallest absolute Gasteiger partial charge is 0.200 e. The molecule has 122 valence electrons. The summed E-state index contributed by atoms with van der Waals surface area (Å²) in [5.74, 6) is 0.809. The van der Waals surface area contributed by atoms with Gasteiger partial charge in [-0.3, -0.25) is 4.90 Å². The lowest BCUT2D eigenvalue weighted by atomic mass is 10.2. The van der Waals surface area contributed by atoms with Gasteiger partial charge in [0.15, 0.2) is 18.3 Å². The van der Waals surface area contributed by atoms with Crippen LogP contribution in [0.2, 0.25) is 5.02 Å². The van der Waals surface area contributed by atoms with E-state index < -0.39 is 0 Å². The van der Waals surface area contributed by atoms with Crippen molar-refractivity contribution in [3.05, 3.63) is 17.3 Å². The largest absolute Gasteiger partial charge is 0.396 e. The third-order valence-corrected chi connectivity index (χ3v) is 3.94. The molecule has 2 saturated heterocycles. The van der Waals surface area contributed by atoms with Crippen molar-refractivity contribution in [2.24, 2.45) is 0 Å². The molecule has 0 bridgehead atoms. The molecule has 1 aromatic rings. The van der Waals surface area contributed by atoms with Crippen LogP contribution in [-0.4, -0.2) is 54.2 Å². The first kappa shape index (κ1) is 15.8. The zero-order valence-electron chi connectivity index (χ0n) is 13.3. The number of hydrogen-bond acceptors (Lipinski definition) is 6. The summed E-state index contributed by atoms with van der Waals surface area (Å²) in [6, 6.07) is 1.74. The van der Waals surface area contributed by atoms with E-state index in [0.29, 0.717) is 10.7 Å². The number of anilines is 2. The van der Waals surface area contributed by atoms with Gasteiger partial charge in [0.05, 0.1) is 16.3 Å². The molecule has 0 aliphatic carbocycles. The van der Waals surface area contributed by atoms with Crippen LogP contribution in [0.4, 0.5) is 11.5 Å². The summed E-state index contributed by atoms with van der Waals surface area (Å²) in [5.41, 5.74) is 6.45. The number of hydrogen-bond donors (Lipinski definition) is 1. The summed E-state index contributed by atoms with van der Waals surface area (Å²) >= 11 is 5.90. The van der Waals surface area contributed by atoms with Crippen LogP contribution < -0.4 is 10.6 Å². The summed E-state index contributed by atoms with van der Waals surface area (Å²) in [4.78, 5) is 8.83. The minimum absolute atomic E-state index is 0.0805. The fraction of sp³-hybridized carbons (Fsp3) is 0.667. The Kier molecular flexibility index (Phi) is 4.20. The van der Waals surface area contributed by atoms with Crippen LogP contribution in [0, 0.1) is 0 Å². The topological polar surface area (TPSA) is 67.2 Å². The van der Waals surface area contributed by atoms with Gasteiger partial charge in [-0.2, -0.15) is 0 Å². The van der Waals surface area contributed by atoms with E-state index in [1.807, 2.05) is 20.8 Å². The predicted molar refractivity (Wildman–Crippen MR) is 86.9 cm³/mol. The van der Waals surface area contributed by atoms with Gasteiger partial charge in [0, 0.05) is 32.4 Å². The van der Waals surface area contributed by atoms with E-state index in [2.05, 4.69) is 14.8 Å². The minimum atomic E-state index is -0.178. The average molecular weight is 327 g/mol. The van der Waals surface area contributed by atoms with E-state index in [1.165, 1.54) is 0 Å². The van der Waals surface area contributed by atoms with Crippen molar-refractivity contribution >= 4 is 23.1 Å². The number of aromatic nitrogens is 1. The second kappa shape index (κ2) is 5.85. The average Bonchev–Trinajstić information content (AvgIpc) is 3.16. The monoisotopic (exact) mass is 326 g/mol. The number of nitrogen functional groups attached to an aromatic ring is 1. The highest BCUT2D eigenvalue weighted by molar-refractivity contribution is 6.30. The van der Waals surface area contributed by atoms with Gasteiger partial charge in [0.25, 0.3) is 0 Å². The van der Waals surface area contributed by atoms with Gasteiger partial charge >= 0.3 is 0 Å². The Labute approximate surface area is 136 Å². The Morgan fingerprint density at radius 3 is 2.59 bits per heavy atom. The zero-order chi connectivity index (χ0) is 15.9. The van der Waals surface area contributed by atoms with Crippen LogP contribution in [0.1, 0.15) is 20.8 Å². The Morgan fingerprint density at radius 1 is 1.32 bits per heavy atom. The number of rotatable bonds is 3. The first-order valence-electron chi connectivity index (χ1n) is 7.57. The molecule has 3 heterocycles. The SMILES string of the molecule is CC(C)(C)OC1OC1N1CCN(c2ncc(Cl)cc2N)CC1. The summed E-state index contributed by atoms with van der Waals surface area (Å²) in [6.45, 7) is 9.65. The number of halogens is 1. The number of nitrogens with two attached hydrogens (primary N) is 1. The van der Waals surface area contributed by atoms with Crippen molar-refractivity contribution in [2.75, 3.05) is 36.8 Å². The van der Waals surface area contributed by atoms with Crippen LogP contribution in [0.3, 0.4) is 0 Å². The molecule has 1 aromatic heterocycles. The third-order valence-electron chi connectivity index (χ3n) is 3.73. The second-order valence-electron chi connectivity index (χ2n) is 6.71. The molecule has 7 heteroatoms. The van der Waals surface area contributed by atoms with Gasteiger partial charge in [0.2, 0.25) is 0 Å². The predicted octanol–water partition coefficient (Wildman–Crippen LogP) is 1.94. The van der Waals surface area contributed by atoms with Crippen molar-refractivity contribution in [3.8, 4) is 0 Å². The molecule has 2 fully saturated rings. The minimum Gasteiger partial charge on any atom is -0.396 e. The van der Waals surface area contributed by atoms with Crippen molar-refractivity contribution in [1.29, 1.82) is 0 Å². The molecule has 2 N–H and O–H groups in total. The summed E-state index contributed by atoms with van der Waals surface area (Å²) in [7, 11) is 0. The van der Waals surface area contributed by atoms with Gasteiger partial charge in [0.1, 0.15) is 0 Å². The van der Waals surface area contributed by atoms with Gasteiger partial charge in [-0.05, 0) is 26.8 Å². The molecule has 0 radical (unpaired) electrons. The molecule has 6 nitrogen and oxygen atoms in total. The van der Waals surface area contributed by atoms with Gasteiger partial charge in [-0.1, -0.05) is 11.6 Å². The van der Waals surface area contributed by atoms with Gasteiger partial charge in [-0.15, -0.1) is 0 Å². The Hall–Kier alpha value is -1.08. The zero-order valence-corrected chi connectivity index (χ0v) is 14.0. The molecule has 2 aliphatic rings. The maximum atomic E-state index is 6.00. The Bertz CT molecular complexity index is 541. The lowest BCUT2D eigenvalue weighted by Gasteiger charge is -2.35. The first-order valence-corrected chi connectivity index (χ1v) is 7.94. The normalized spacial score (nSPS) is 26.3. The summed E-state index contributed by atoms with van der Waals surface area (Å²) < 4.78 is 11.5. The fourth-order valence-electron chi connectivity index (χ4n) is 2.68. The molecular weight excluding hydrogens is 304 g/mol. The molecule has 22 heavy (non-hydrogen) atoms. The van der Waals surface area contributed by atoms with Gasteiger partial charge in [-0.25, -0.2) is 4.98 Å². The van der Waals surface area contributed by atoms with Gasteiger partial charge < -0.3 is 20.1 Å². The quantitative estimate of drug-likeness (QED) is 0.856. The Morgan fingerprint density at radius 2 is 2.00 bits per heavy atom. The molecule has 3 rings (SSSR count). The van der Waals surface area contributed by atoms with E-state index in [-0.39, 0.29) is 18.1 Å². The second-order valence-corrected chi connectivity index (χ2v) is 7.15. The van der Waals surface area contributed by atoms with Crippen LogP contribution in [0.15, 0.2) is 12.3 Å². The first-order chi connectivity index (χ1) is 10.3. The summed E-state index contributed by atoms with van der Waals surface area (Å²) in [5, 5.41) is 0.563. The van der Waals surface area contributed by atoms with Crippen LogP contribution >= 0.6 is 11.6 Å². The van der Waals surface area contributed by atoms with E-state index in [1.54, 1.807) is 12.3 Å². The maximum absolute atomic E-state index is 6.00. The molecule has 2 atom stereocenters. The third kappa shape index (κ3) is 3.63. The molecule has 2 unspecified atom stereocenters. The van der Waals surface area contributed by atoms with E-state index in [9.17, 15) is 0 Å². The van der Waals surface area contributed by atoms with Crippen LogP contribution in [0.5, 0.6) is 0 Å². The Balaban J connectivity index is 1.53. The van der Waals surface area contributed by atoms with E-state index in [0.717, 1.165) is 32.0 Å². The highest BCUT2D eigenvalue weighted by Gasteiger charge is 2.47. The fourth-order valence-corrected chi connectivity index (χ4v) is 2.85. The van der Waals surface area contributed by atoms with Crippen molar-refractivity contribution in [2.45, 2.75) is 38.9 Å². The standard InChI is InChI=1S/C15H23ClN4O2/c1-15(2,3)22-14-13(21-14)20-6-4-19(5-7-20)12-11(17)8-10(16)9-18-12/h8-9,13-14H,4-7,17H2,1-3H3. The number of epoxide rings is 1. The molecule has 0 saturated carbocycles. The highest BCUT2D eigenvalue weighted by atomic mass is 35.5. The number of nitrogens with zero attached hydrogens (tertiary/aromatic N) is 3. The van der Waals surface area contributed by atoms with E-state index in [4.69, 9.17) is 26.8 Å². The van der Waals surface area contributed by atoms with Crippen LogP contribution in [-0.2, 0) is 9.47 Å². The maximum Gasteiger partial charge on any atom is 0.200 e. The molecule has 2 aliphatic heterocycles. The van der Waals surface area contributed by atoms with Crippen molar-refractivity contribution in [3.63, 3.8) is 0 Å².